The topological polar surface area (TPSA) is 39.0 Å². The number of methoxy groups -OCH3 is 2. The zero-order chi connectivity index (χ0) is 31.4. The van der Waals surface area contributed by atoms with E-state index in [2.05, 4.69) is 72.3 Å². The molecule has 0 N–H and O–H groups in total. The standard InChI is InChI=1S/C40H35FN3O2/c1-43-37-31-20-16-29(45-2)22-27(31)14-18-33(37)35(25-10-6-4-7-11-25)39(43)42-40-36(26-12-8-5-9-13-26)34-19-15-28-23-30(46-3)17-21-32(28)38(34)44(40)24-41/h4-13,16-17,20-23H,14-15,18-19,24H2,1-3H3/q+1. The van der Waals surface area contributed by atoms with E-state index < -0.39 is 6.80 Å². The lowest BCUT2D eigenvalue weighted by molar-refractivity contribution is 0.309. The Morgan fingerprint density at radius 2 is 1.41 bits per heavy atom. The lowest BCUT2D eigenvalue weighted by atomic mass is 9.82. The van der Waals surface area contributed by atoms with Gasteiger partial charge in [-0.3, -0.25) is 0 Å². The fourth-order valence-electron chi connectivity index (χ4n) is 7.59. The lowest BCUT2D eigenvalue weighted by Gasteiger charge is -2.25. The van der Waals surface area contributed by atoms with E-state index >= 15 is 4.39 Å². The monoisotopic (exact) mass is 608 g/mol. The highest BCUT2D eigenvalue weighted by atomic mass is 19.1. The van der Waals surface area contributed by atoms with Gasteiger partial charge in [0.15, 0.2) is 12.6 Å². The molecule has 0 saturated heterocycles. The van der Waals surface area contributed by atoms with Crippen molar-refractivity contribution in [2.75, 3.05) is 21.0 Å². The molecule has 0 unspecified atom stereocenters. The molecule has 0 amide bonds. The van der Waals surface area contributed by atoms with Crippen molar-refractivity contribution in [2.45, 2.75) is 25.7 Å². The van der Waals surface area contributed by atoms with Crippen molar-refractivity contribution in [3.63, 3.8) is 0 Å². The van der Waals surface area contributed by atoms with Crippen LogP contribution in [0.4, 0.5) is 10.2 Å². The van der Waals surface area contributed by atoms with Crippen LogP contribution in [0.1, 0.15) is 34.2 Å². The van der Waals surface area contributed by atoms with Crippen molar-refractivity contribution >= 4 is 17.2 Å². The van der Waals surface area contributed by atoms with Crippen LogP contribution in [-0.4, -0.2) is 36.3 Å². The number of aryl methyl sites for hydroxylation is 2. The second kappa shape index (κ2) is 11.3. The molecule has 8 rings (SSSR count). The van der Waals surface area contributed by atoms with Crippen molar-refractivity contribution in [1.29, 1.82) is 0 Å². The van der Waals surface area contributed by atoms with Crippen LogP contribution in [0.2, 0.25) is 0 Å². The van der Waals surface area contributed by atoms with E-state index in [9.17, 15) is 0 Å². The summed E-state index contributed by atoms with van der Waals surface area (Å²) in [7, 11) is 5.49. The molecule has 0 bridgehead atoms. The summed E-state index contributed by atoms with van der Waals surface area (Å²) >= 11 is 0. The molecule has 5 aromatic rings. The second-order valence-corrected chi connectivity index (χ2v) is 12.0. The van der Waals surface area contributed by atoms with Crippen LogP contribution < -0.4 is 9.47 Å². The van der Waals surface area contributed by atoms with Crippen molar-refractivity contribution in [3.8, 4) is 33.9 Å². The SMILES string of the molecule is COc1ccc2c(c1)CCc1c(-c3ccccc3)c(N=C3C(c4ccccc4)=C4CCc5cc(OC)ccc5[C+]4N3CF)n(C)c1-2. The quantitative estimate of drug-likeness (QED) is 0.143. The molecule has 1 aliphatic heterocycles. The number of nitrogens with zero attached hydrogens (tertiary/aromatic N) is 3. The Kier molecular flexibility index (Phi) is 6.93. The van der Waals surface area contributed by atoms with Gasteiger partial charge in [0, 0.05) is 60.3 Å². The molecular formula is C40H35FN3O2+. The van der Waals surface area contributed by atoms with Gasteiger partial charge in [0.2, 0.25) is 0 Å². The predicted octanol–water partition coefficient (Wildman–Crippen LogP) is 8.73. The Hall–Kier alpha value is -5.23. The Balaban J connectivity index is 1.39. The van der Waals surface area contributed by atoms with E-state index in [1.165, 1.54) is 16.7 Å². The summed E-state index contributed by atoms with van der Waals surface area (Å²) in [5.74, 6) is 3.15. The number of alkyl halides is 1. The van der Waals surface area contributed by atoms with E-state index in [0.29, 0.717) is 5.84 Å². The van der Waals surface area contributed by atoms with Gasteiger partial charge in [-0.25, -0.2) is 14.3 Å². The number of aromatic nitrogens is 1. The first-order chi connectivity index (χ1) is 22.6. The molecule has 0 radical (unpaired) electrons. The average Bonchev–Trinajstić information content (AvgIpc) is 3.59. The van der Waals surface area contributed by atoms with E-state index in [4.69, 9.17) is 14.5 Å². The molecule has 6 heteroatoms. The van der Waals surface area contributed by atoms with Crippen molar-refractivity contribution in [2.24, 2.45) is 12.0 Å². The Bertz CT molecular complexity index is 2030. The maximum atomic E-state index is 15.5. The normalized spacial score (nSPS) is 15.9. The molecule has 46 heavy (non-hydrogen) atoms. The molecule has 0 fully saturated rings. The van der Waals surface area contributed by atoms with Crippen LogP contribution in [0.25, 0.3) is 28.0 Å². The first kappa shape index (κ1) is 28.3. The van der Waals surface area contributed by atoms with Gasteiger partial charge in [0.25, 0.3) is 0 Å². The third-order valence-corrected chi connectivity index (χ3v) is 9.68. The predicted molar refractivity (Wildman–Crippen MR) is 182 cm³/mol. The minimum Gasteiger partial charge on any atom is -0.497 e. The van der Waals surface area contributed by atoms with E-state index in [0.717, 1.165) is 93.7 Å². The maximum Gasteiger partial charge on any atom is 0.198 e. The summed E-state index contributed by atoms with van der Waals surface area (Å²) in [6.07, 6.45) is 3.43. The lowest BCUT2D eigenvalue weighted by Crippen LogP contribution is -2.32. The van der Waals surface area contributed by atoms with Gasteiger partial charge in [0.05, 0.1) is 31.1 Å². The molecule has 1 aromatic heterocycles. The Morgan fingerprint density at radius 1 is 0.761 bits per heavy atom. The minimum absolute atomic E-state index is 0.646. The molecule has 0 saturated carbocycles. The molecule has 4 aromatic carbocycles. The first-order valence-electron chi connectivity index (χ1n) is 15.8. The molecule has 228 valence electrons. The first-order valence-corrected chi connectivity index (χ1v) is 15.8. The van der Waals surface area contributed by atoms with Gasteiger partial charge in [-0.1, -0.05) is 48.5 Å². The highest BCUT2D eigenvalue weighted by molar-refractivity contribution is 6.28. The number of amidine groups is 1. The van der Waals surface area contributed by atoms with Crippen molar-refractivity contribution in [1.82, 2.24) is 9.47 Å². The number of fused-ring (bicyclic) bond motifs is 6. The fraction of sp³-hybridized carbons (Fsp3) is 0.200. The molecule has 3 aliphatic rings. The summed E-state index contributed by atoms with van der Waals surface area (Å²) in [4.78, 5) is 7.30. The van der Waals surface area contributed by atoms with E-state index in [1.54, 1.807) is 19.1 Å². The van der Waals surface area contributed by atoms with Gasteiger partial charge in [0.1, 0.15) is 28.9 Å². The summed E-state index contributed by atoms with van der Waals surface area (Å²) in [6, 6.07) is 34.2. The number of benzene rings is 4. The van der Waals surface area contributed by atoms with Crippen molar-refractivity contribution < 1.29 is 13.9 Å². The number of rotatable bonds is 6. The van der Waals surface area contributed by atoms with Gasteiger partial charge in [-0.15, -0.1) is 0 Å². The molecule has 2 aliphatic carbocycles. The molecule has 0 spiro atoms. The summed E-state index contributed by atoms with van der Waals surface area (Å²) in [5, 5.41) is 0. The molecule has 0 atom stereocenters. The van der Waals surface area contributed by atoms with Crippen LogP contribution >= 0.6 is 0 Å². The third-order valence-electron chi connectivity index (χ3n) is 9.68. The fourth-order valence-corrected chi connectivity index (χ4v) is 7.59. The summed E-state index contributed by atoms with van der Waals surface area (Å²) < 4.78 is 28.8. The minimum atomic E-state index is -0.688. The number of hydrogen-bond donors (Lipinski definition) is 0. The van der Waals surface area contributed by atoms with Crippen LogP contribution in [0.3, 0.4) is 0 Å². The van der Waals surface area contributed by atoms with Crippen LogP contribution in [-0.2, 0) is 26.3 Å². The van der Waals surface area contributed by atoms with Crippen LogP contribution in [0, 0.1) is 6.04 Å². The Morgan fingerprint density at radius 3 is 2.11 bits per heavy atom. The average molecular weight is 609 g/mol. The van der Waals surface area contributed by atoms with Gasteiger partial charge >= 0.3 is 0 Å². The number of aliphatic imine (C=N–C) groups is 1. The van der Waals surface area contributed by atoms with Gasteiger partial charge < -0.3 is 14.0 Å². The smallest absolute Gasteiger partial charge is 0.198 e. The third kappa shape index (κ3) is 4.35. The van der Waals surface area contributed by atoms with E-state index in [1.807, 2.05) is 36.4 Å². The van der Waals surface area contributed by atoms with Gasteiger partial charge in [-0.2, -0.15) is 0 Å². The zero-order valence-electron chi connectivity index (χ0n) is 26.3. The maximum absolute atomic E-state index is 15.5. The van der Waals surface area contributed by atoms with Crippen LogP contribution in [0.15, 0.2) is 108 Å². The summed E-state index contributed by atoms with van der Waals surface area (Å²) in [6.45, 7) is -0.688. The largest absolute Gasteiger partial charge is 0.497 e. The number of hydrogen-bond acceptors (Lipinski definition) is 3. The van der Waals surface area contributed by atoms with Gasteiger partial charge in [-0.05, 0) is 59.9 Å². The van der Waals surface area contributed by atoms with E-state index in [-0.39, 0.29) is 0 Å². The molecular weight excluding hydrogens is 573 g/mol. The number of halogens is 1. The van der Waals surface area contributed by atoms with Crippen LogP contribution in [0.5, 0.6) is 11.5 Å². The second-order valence-electron chi connectivity index (χ2n) is 12.0. The highest BCUT2D eigenvalue weighted by Crippen LogP contribution is 2.51. The zero-order valence-corrected chi connectivity index (χ0v) is 26.3. The highest BCUT2D eigenvalue weighted by Gasteiger charge is 2.49. The summed E-state index contributed by atoms with van der Waals surface area (Å²) in [5.41, 5.74) is 12.5. The molecule has 5 nitrogen and oxygen atoms in total. The van der Waals surface area contributed by atoms with Crippen molar-refractivity contribution in [3.05, 3.63) is 136 Å². The number of ether oxygens (including phenoxy) is 2. The Labute approximate surface area is 269 Å². The molecule has 2 heterocycles.